The van der Waals surface area contributed by atoms with E-state index in [0.29, 0.717) is 27.0 Å². The van der Waals surface area contributed by atoms with Gasteiger partial charge in [-0.25, -0.2) is 4.68 Å². The summed E-state index contributed by atoms with van der Waals surface area (Å²) in [5.74, 6) is 0. The first-order valence-corrected chi connectivity index (χ1v) is 10.1. The fourth-order valence-corrected chi connectivity index (χ4v) is 3.69. The van der Waals surface area contributed by atoms with E-state index in [-0.39, 0.29) is 10.7 Å². The largest absolute Gasteiger partial charge is 0.435 e. The maximum Gasteiger partial charge on any atom is 0.435 e. The molecule has 31 heavy (non-hydrogen) atoms. The van der Waals surface area contributed by atoms with Crippen LogP contribution >= 0.6 is 34.8 Å². The predicted octanol–water partition coefficient (Wildman–Crippen LogP) is 7.77. The highest BCUT2D eigenvalue weighted by Gasteiger charge is 2.35. The Kier molecular flexibility index (Phi) is 5.64. The number of nitrogens with two attached hydrogens (primary N) is 1. The lowest BCUT2D eigenvalue weighted by atomic mass is 10.0. The molecule has 0 bridgehead atoms. The van der Waals surface area contributed by atoms with Gasteiger partial charge in [0.15, 0.2) is 5.69 Å². The highest BCUT2D eigenvalue weighted by atomic mass is 35.5. The fraction of sp³-hybridized carbons (Fsp3) is 0.0455. The van der Waals surface area contributed by atoms with Crippen LogP contribution in [0.3, 0.4) is 0 Å². The molecule has 0 fully saturated rings. The molecule has 0 amide bonds. The molecular formula is C22H13Cl3F3N3. The van der Waals surface area contributed by atoms with Gasteiger partial charge < -0.3 is 5.73 Å². The van der Waals surface area contributed by atoms with Gasteiger partial charge in [0.05, 0.1) is 26.4 Å². The summed E-state index contributed by atoms with van der Waals surface area (Å²) >= 11 is 18.2. The van der Waals surface area contributed by atoms with E-state index in [4.69, 9.17) is 40.5 Å². The summed E-state index contributed by atoms with van der Waals surface area (Å²) in [7, 11) is 0. The zero-order valence-electron chi connectivity index (χ0n) is 15.6. The Bertz CT molecular complexity index is 1220. The van der Waals surface area contributed by atoms with Crippen LogP contribution in [0, 0.1) is 0 Å². The molecule has 0 radical (unpaired) electrons. The van der Waals surface area contributed by atoms with Crippen molar-refractivity contribution < 1.29 is 13.2 Å². The molecule has 0 spiro atoms. The SMILES string of the molecule is Nc1ccc(-n2nc(C(F)(F)F)cc2-c2ccc(-c3cc(Cl)c(Cl)c(Cl)c3)cc2)cc1. The fourth-order valence-electron chi connectivity index (χ4n) is 3.09. The van der Waals surface area contributed by atoms with Gasteiger partial charge in [-0.2, -0.15) is 18.3 Å². The van der Waals surface area contributed by atoms with Gasteiger partial charge >= 0.3 is 6.18 Å². The second kappa shape index (κ2) is 8.11. The smallest absolute Gasteiger partial charge is 0.399 e. The molecule has 0 atom stereocenters. The molecule has 1 heterocycles. The minimum atomic E-state index is -4.58. The van der Waals surface area contributed by atoms with Crippen LogP contribution in [-0.2, 0) is 6.18 Å². The Balaban J connectivity index is 1.79. The van der Waals surface area contributed by atoms with Crippen molar-refractivity contribution in [2.24, 2.45) is 0 Å². The summed E-state index contributed by atoms with van der Waals surface area (Å²) in [5.41, 5.74) is 8.01. The van der Waals surface area contributed by atoms with Crippen molar-refractivity contribution in [2.75, 3.05) is 5.73 Å². The third-order valence-corrected chi connectivity index (χ3v) is 5.83. The average Bonchev–Trinajstić information content (AvgIpc) is 3.18. The van der Waals surface area contributed by atoms with Crippen LogP contribution in [0.25, 0.3) is 28.1 Å². The second-order valence-corrected chi connectivity index (χ2v) is 7.94. The van der Waals surface area contributed by atoms with Crippen LogP contribution in [0.5, 0.6) is 0 Å². The van der Waals surface area contributed by atoms with Crippen LogP contribution in [-0.4, -0.2) is 9.78 Å². The van der Waals surface area contributed by atoms with Crippen molar-refractivity contribution in [3.8, 4) is 28.1 Å². The number of halogens is 6. The van der Waals surface area contributed by atoms with Crippen molar-refractivity contribution >= 4 is 40.5 Å². The number of rotatable bonds is 3. The third kappa shape index (κ3) is 4.37. The molecule has 0 saturated heterocycles. The molecule has 0 saturated carbocycles. The van der Waals surface area contributed by atoms with Crippen LogP contribution in [0.15, 0.2) is 66.7 Å². The van der Waals surface area contributed by atoms with E-state index in [0.717, 1.165) is 17.2 Å². The van der Waals surface area contributed by atoms with E-state index in [1.54, 1.807) is 60.7 Å². The first kappa shape index (κ1) is 21.6. The molecule has 1 aromatic heterocycles. The van der Waals surface area contributed by atoms with E-state index in [1.165, 1.54) is 4.68 Å². The maximum atomic E-state index is 13.3. The van der Waals surface area contributed by atoms with Gasteiger partial charge in [-0.3, -0.25) is 0 Å². The average molecular weight is 483 g/mol. The monoisotopic (exact) mass is 481 g/mol. The third-order valence-electron chi connectivity index (χ3n) is 4.64. The lowest BCUT2D eigenvalue weighted by molar-refractivity contribution is -0.141. The molecular weight excluding hydrogens is 470 g/mol. The molecule has 4 aromatic rings. The summed E-state index contributed by atoms with van der Waals surface area (Å²) in [5, 5.41) is 4.65. The number of hydrogen-bond donors (Lipinski definition) is 1. The molecule has 0 aliphatic rings. The van der Waals surface area contributed by atoms with Gasteiger partial charge in [0.25, 0.3) is 0 Å². The van der Waals surface area contributed by atoms with Gasteiger partial charge in [0.2, 0.25) is 0 Å². The molecule has 2 N–H and O–H groups in total. The molecule has 3 aromatic carbocycles. The van der Waals surface area contributed by atoms with Crippen LogP contribution < -0.4 is 5.73 Å². The summed E-state index contributed by atoms with van der Waals surface area (Å²) < 4.78 is 41.3. The van der Waals surface area contributed by atoms with E-state index >= 15 is 0 Å². The minimum Gasteiger partial charge on any atom is -0.399 e. The van der Waals surface area contributed by atoms with Crippen molar-refractivity contribution in [2.45, 2.75) is 6.18 Å². The quantitative estimate of drug-likeness (QED) is 0.239. The molecule has 158 valence electrons. The minimum absolute atomic E-state index is 0.260. The first-order valence-electron chi connectivity index (χ1n) is 8.92. The van der Waals surface area contributed by atoms with E-state index in [1.807, 2.05) is 0 Å². The number of benzene rings is 3. The van der Waals surface area contributed by atoms with Crippen molar-refractivity contribution in [3.63, 3.8) is 0 Å². The number of alkyl halides is 3. The van der Waals surface area contributed by atoms with E-state index in [9.17, 15) is 13.2 Å². The summed E-state index contributed by atoms with van der Waals surface area (Å²) in [6.07, 6.45) is -4.58. The summed E-state index contributed by atoms with van der Waals surface area (Å²) in [4.78, 5) is 0. The maximum absolute atomic E-state index is 13.3. The number of nitrogen functional groups attached to an aromatic ring is 1. The molecule has 0 aliphatic carbocycles. The first-order chi connectivity index (χ1) is 14.6. The van der Waals surface area contributed by atoms with E-state index < -0.39 is 11.9 Å². The van der Waals surface area contributed by atoms with E-state index in [2.05, 4.69) is 5.10 Å². The van der Waals surface area contributed by atoms with Crippen molar-refractivity contribution in [1.82, 2.24) is 9.78 Å². The highest BCUT2D eigenvalue weighted by Crippen LogP contribution is 2.37. The molecule has 4 rings (SSSR count). The van der Waals surface area contributed by atoms with Crippen LogP contribution in [0.2, 0.25) is 15.1 Å². The standard InChI is InChI=1S/C22H13Cl3F3N3/c23-17-9-14(10-18(24)21(17)25)12-1-3-13(4-2-12)19-11-20(22(26,27)28)30-31(19)16-7-5-15(29)6-8-16/h1-11H,29H2. The normalized spacial score (nSPS) is 11.7. The number of aromatic nitrogens is 2. The summed E-state index contributed by atoms with van der Waals surface area (Å²) in [6.45, 7) is 0. The van der Waals surface area contributed by atoms with Crippen LogP contribution in [0.1, 0.15) is 5.69 Å². The molecule has 0 unspecified atom stereocenters. The lowest BCUT2D eigenvalue weighted by Crippen LogP contribution is -2.07. The molecule has 9 heteroatoms. The Hall–Kier alpha value is -2.67. The Labute approximate surface area is 190 Å². The number of anilines is 1. The zero-order valence-corrected chi connectivity index (χ0v) is 17.9. The second-order valence-electron chi connectivity index (χ2n) is 6.75. The van der Waals surface area contributed by atoms with Gasteiger partial charge in [0, 0.05) is 11.3 Å². The van der Waals surface area contributed by atoms with Crippen molar-refractivity contribution in [1.29, 1.82) is 0 Å². The topological polar surface area (TPSA) is 43.8 Å². The van der Waals surface area contributed by atoms with Gasteiger partial charge in [0.1, 0.15) is 0 Å². The van der Waals surface area contributed by atoms with Crippen LogP contribution in [0.4, 0.5) is 18.9 Å². The Morgan fingerprint density at radius 2 is 1.29 bits per heavy atom. The van der Waals surface area contributed by atoms with Gasteiger partial charge in [-0.1, -0.05) is 59.1 Å². The van der Waals surface area contributed by atoms with Gasteiger partial charge in [-0.05, 0) is 53.6 Å². The Morgan fingerprint density at radius 1 is 0.742 bits per heavy atom. The van der Waals surface area contributed by atoms with Gasteiger partial charge in [-0.15, -0.1) is 0 Å². The number of hydrogen-bond acceptors (Lipinski definition) is 2. The highest BCUT2D eigenvalue weighted by molar-refractivity contribution is 6.48. The van der Waals surface area contributed by atoms with Crippen molar-refractivity contribution in [3.05, 3.63) is 87.5 Å². The summed E-state index contributed by atoms with van der Waals surface area (Å²) in [6, 6.07) is 17.7. The molecule has 3 nitrogen and oxygen atoms in total. The lowest BCUT2D eigenvalue weighted by Gasteiger charge is -2.10. The Morgan fingerprint density at radius 3 is 1.84 bits per heavy atom. The molecule has 0 aliphatic heterocycles. The predicted molar refractivity (Wildman–Crippen MR) is 119 cm³/mol. The zero-order chi connectivity index (χ0) is 22.3. The number of nitrogens with zero attached hydrogens (tertiary/aromatic N) is 2.